The maximum Gasteiger partial charge on any atom is 0.416 e. The number of carbonyl (C=O) groups is 1. The van der Waals surface area contributed by atoms with Crippen LogP contribution in [0.1, 0.15) is 28.4 Å². The van der Waals surface area contributed by atoms with E-state index in [-0.39, 0.29) is 5.56 Å². The predicted molar refractivity (Wildman–Crippen MR) is 78.4 cm³/mol. The lowest BCUT2D eigenvalue weighted by Crippen LogP contribution is -2.29. The van der Waals surface area contributed by atoms with Crippen LogP contribution in [0, 0.1) is 0 Å². The summed E-state index contributed by atoms with van der Waals surface area (Å²) in [7, 11) is 0. The number of benzene rings is 2. The van der Waals surface area contributed by atoms with Gasteiger partial charge in [0.2, 0.25) is 0 Å². The highest BCUT2D eigenvalue weighted by Gasteiger charge is 2.31. The Morgan fingerprint density at radius 2 is 1.77 bits per heavy atom. The van der Waals surface area contributed by atoms with Gasteiger partial charge in [-0.1, -0.05) is 25.1 Å². The predicted octanol–water partition coefficient (Wildman–Crippen LogP) is 4.02. The van der Waals surface area contributed by atoms with Gasteiger partial charge >= 0.3 is 6.18 Å². The first kappa shape index (κ1) is 15.9. The van der Waals surface area contributed by atoms with Crippen LogP contribution in [0.15, 0.2) is 48.5 Å². The number of amides is 1. The van der Waals surface area contributed by atoms with Crippen LogP contribution >= 0.6 is 0 Å². The summed E-state index contributed by atoms with van der Waals surface area (Å²) in [5.74, 6) is -0.621. The van der Waals surface area contributed by atoms with E-state index in [0.29, 0.717) is 17.7 Å². The quantitative estimate of drug-likeness (QED) is 0.837. The van der Waals surface area contributed by atoms with Gasteiger partial charge in [-0.3, -0.25) is 15.6 Å². The van der Waals surface area contributed by atoms with Crippen LogP contribution in [-0.2, 0) is 12.6 Å². The average Bonchev–Trinajstić information content (AvgIpc) is 2.52. The lowest BCUT2D eigenvalue weighted by Gasteiger charge is -2.12. The lowest BCUT2D eigenvalue weighted by atomic mass is 10.0. The number of anilines is 1. The van der Waals surface area contributed by atoms with E-state index in [1.807, 2.05) is 6.07 Å². The Balaban J connectivity index is 2.18. The zero-order chi connectivity index (χ0) is 16.2. The van der Waals surface area contributed by atoms with Crippen molar-refractivity contribution in [3.05, 3.63) is 65.2 Å². The van der Waals surface area contributed by atoms with E-state index < -0.39 is 17.6 Å². The molecule has 0 unspecified atom stereocenters. The van der Waals surface area contributed by atoms with Gasteiger partial charge in [0.25, 0.3) is 5.91 Å². The standard InChI is InChI=1S/C16H15F3N2O/c1-2-11-8-12(10-13(9-11)16(17,18)19)15(22)21-20-14-6-4-3-5-7-14/h3-10,20H,2H2,1H3,(H,21,22). The number of hydrazine groups is 1. The van der Waals surface area contributed by atoms with Crippen LogP contribution < -0.4 is 10.9 Å². The summed E-state index contributed by atoms with van der Waals surface area (Å²) in [4.78, 5) is 12.0. The first-order valence-electron chi connectivity index (χ1n) is 6.72. The first-order valence-corrected chi connectivity index (χ1v) is 6.72. The molecule has 0 spiro atoms. The highest BCUT2D eigenvalue weighted by molar-refractivity contribution is 5.95. The van der Waals surface area contributed by atoms with Gasteiger partial charge in [-0.25, -0.2) is 0 Å². The molecule has 116 valence electrons. The van der Waals surface area contributed by atoms with Crippen LogP contribution in [0.5, 0.6) is 0 Å². The van der Waals surface area contributed by atoms with Crippen LogP contribution in [0.4, 0.5) is 18.9 Å². The number of nitrogens with one attached hydrogen (secondary N) is 2. The molecule has 0 radical (unpaired) electrons. The van der Waals surface area contributed by atoms with Crippen molar-refractivity contribution in [3.63, 3.8) is 0 Å². The van der Waals surface area contributed by atoms with E-state index in [1.54, 1.807) is 31.2 Å². The molecule has 2 N–H and O–H groups in total. The Kier molecular flexibility index (Phi) is 4.70. The molecule has 2 aromatic carbocycles. The van der Waals surface area contributed by atoms with Crippen molar-refractivity contribution in [3.8, 4) is 0 Å². The van der Waals surface area contributed by atoms with Crippen molar-refractivity contribution < 1.29 is 18.0 Å². The van der Waals surface area contributed by atoms with Crippen molar-refractivity contribution in [2.45, 2.75) is 19.5 Å². The van der Waals surface area contributed by atoms with Crippen molar-refractivity contribution in [1.82, 2.24) is 5.43 Å². The van der Waals surface area contributed by atoms with E-state index in [1.165, 1.54) is 6.07 Å². The van der Waals surface area contributed by atoms with E-state index in [9.17, 15) is 18.0 Å². The number of carbonyl (C=O) groups excluding carboxylic acids is 1. The fourth-order valence-electron chi connectivity index (χ4n) is 1.91. The number of para-hydroxylation sites is 1. The molecule has 2 aromatic rings. The Hall–Kier alpha value is -2.50. The molecule has 1 amide bonds. The number of hydrogen-bond acceptors (Lipinski definition) is 2. The number of hydrogen-bond donors (Lipinski definition) is 2. The third-order valence-electron chi connectivity index (χ3n) is 3.08. The Morgan fingerprint density at radius 1 is 1.09 bits per heavy atom. The Bertz CT molecular complexity index is 654. The summed E-state index contributed by atoms with van der Waals surface area (Å²) in [6, 6.07) is 12.2. The van der Waals surface area contributed by atoms with Crippen molar-refractivity contribution in [1.29, 1.82) is 0 Å². The second kappa shape index (κ2) is 6.51. The van der Waals surface area contributed by atoms with E-state index >= 15 is 0 Å². The van der Waals surface area contributed by atoms with Gasteiger partial charge in [-0.05, 0) is 42.3 Å². The molecule has 3 nitrogen and oxygen atoms in total. The van der Waals surface area contributed by atoms with Gasteiger partial charge in [-0.2, -0.15) is 13.2 Å². The number of rotatable bonds is 4. The summed E-state index contributed by atoms with van der Waals surface area (Å²) < 4.78 is 38.6. The number of halogens is 3. The van der Waals surface area contributed by atoms with Crippen molar-refractivity contribution >= 4 is 11.6 Å². The van der Waals surface area contributed by atoms with Crippen LogP contribution in [0.25, 0.3) is 0 Å². The Morgan fingerprint density at radius 3 is 2.36 bits per heavy atom. The molecule has 0 aliphatic rings. The number of alkyl halides is 3. The molecular formula is C16H15F3N2O. The molecule has 0 bridgehead atoms. The summed E-state index contributed by atoms with van der Waals surface area (Å²) in [5.41, 5.74) is 5.29. The molecule has 2 rings (SSSR count). The second-order valence-corrected chi connectivity index (χ2v) is 4.72. The normalized spacial score (nSPS) is 11.1. The van der Waals surface area contributed by atoms with Gasteiger partial charge in [-0.15, -0.1) is 0 Å². The largest absolute Gasteiger partial charge is 0.416 e. The summed E-state index contributed by atoms with van der Waals surface area (Å²) in [6.07, 6.45) is -4.07. The highest BCUT2D eigenvalue weighted by atomic mass is 19.4. The topological polar surface area (TPSA) is 41.1 Å². The first-order chi connectivity index (χ1) is 10.4. The van der Waals surface area contributed by atoms with Crippen LogP contribution in [-0.4, -0.2) is 5.91 Å². The minimum absolute atomic E-state index is 0.0323. The number of aryl methyl sites for hydroxylation is 1. The zero-order valence-electron chi connectivity index (χ0n) is 11.9. The third-order valence-corrected chi connectivity index (χ3v) is 3.08. The third kappa shape index (κ3) is 4.00. The molecule has 0 fully saturated rings. The minimum Gasteiger partial charge on any atom is -0.298 e. The van der Waals surface area contributed by atoms with Gasteiger partial charge in [0, 0.05) is 5.56 Å². The molecule has 0 aliphatic heterocycles. The maximum atomic E-state index is 12.9. The average molecular weight is 308 g/mol. The zero-order valence-corrected chi connectivity index (χ0v) is 11.9. The lowest BCUT2D eigenvalue weighted by molar-refractivity contribution is -0.137. The molecule has 0 saturated carbocycles. The molecule has 0 atom stereocenters. The molecule has 22 heavy (non-hydrogen) atoms. The van der Waals surface area contributed by atoms with Gasteiger partial charge in [0.05, 0.1) is 11.3 Å². The Labute approximate surface area is 126 Å². The van der Waals surface area contributed by atoms with E-state index in [0.717, 1.165) is 12.1 Å². The van der Waals surface area contributed by atoms with E-state index in [4.69, 9.17) is 0 Å². The fourth-order valence-corrected chi connectivity index (χ4v) is 1.91. The SMILES string of the molecule is CCc1cc(C(=O)NNc2ccccc2)cc(C(F)(F)F)c1. The van der Waals surface area contributed by atoms with Gasteiger partial charge < -0.3 is 0 Å². The summed E-state index contributed by atoms with van der Waals surface area (Å²) in [5, 5.41) is 0. The van der Waals surface area contributed by atoms with Crippen molar-refractivity contribution in [2.75, 3.05) is 5.43 Å². The molecule has 0 saturated heterocycles. The molecule has 6 heteroatoms. The molecule has 0 heterocycles. The highest BCUT2D eigenvalue weighted by Crippen LogP contribution is 2.30. The summed E-state index contributed by atoms with van der Waals surface area (Å²) >= 11 is 0. The van der Waals surface area contributed by atoms with Gasteiger partial charge in [0.15, 0.2) is 0 Å². The molecule has 0 aliphatic carbocycles. The van der Waals surface area contributed by atoms with E-state index in [2.05, 4.69) is 10.9 Å². The van der Waals surface area contributed by atoms with Crippen LogP contribution in [0.2, 0.25) is 0 Å². The smallest absolute Gasteiger partial charge is 0.298 e. The van der Waals surface area contributed by atoms with Crippen LogP contribution in [0.3, 0.4) is 0 Å². The minimum atomic E-state index is -4.48. The summed E-state index contributed by atoms with van der Waals surface area (Å²) in [6.45, 7) is 1.74. The molecular weight excluding hydrogens is 293 g/mol. The van der Waals surface area contributed by atoms with Crippen molar-refractivity contribution in [2.24, 2.45) is 0 Å². The molecule has 0 aromatic heterocycles. The monoisotopic (exact) mass is 308 g/mol. The fraction of sp³-hybridized carbons (Fsp3) is 0.188. The van der Waals surface area contributed by atoms with Gasteiger partial charge in [0.1, 0.15) is 0 Å². The second-order valence-electron chi connectivity index (χ2n) is 4.72. The maximum absolute atomic E-state index is 12.9.